The fourth-order valence-electron chi connectivity index (χ4n) is 3.50. The number of hydrogen-bond acceptors (Lipinski definition) is 5. The molecule has 1 fully saturated rings. The van der Waals surface area contributed by atoms with Crippen molar-refractivity contribution in [3.63, 3.8) is 0 Å². The summed E-state index contributed by atoms with van der Waals surface area (Å²) in [5.74, 6) is 2.53. The molecule has 1 aliphatic rings. The van der Waals surface area contributed by atoms with Crippen LogP contribution in [-0.2, 0) is 4.79 Å². The molecule has 3 N–H and O–H groups in total. The van der Waals surface area contributed by atoms with Gasteiger partial charge < -0.3 is 19.5 Å². The second-order valence-corrected chi connectivity index (χ2v) is 7.65. The van der Waals surface area contributed by atoms with Crippen LogP contribution in [-0.4, -0.2) is 38.4 Å². The van der Waals surface area contributed by atoms with Crippen LogP contribution in [0.25, 0.3) is 6.08 Å². The Morgan fingerprint density at radius 3 is 2.34 bits per heavy atom. The maximum absolute atomic E-state index is 12.2. The first-order valence-electron chi connectivity index (χ1n) is 9.74. The highest BCUT2D eigenvalue weighted by atomic mass is 32.1. The van der Waals surface area contributed by atoms with Crippen LogP contribution in [0, 0.1) is 11.8 Å². The topological polar surface area (TPSA) is 80.9 Å². The number of benzene rings is 1. The highest BCUT2D eigenvalue weighted by Gasteiger charge is 2.27. The van der Waals surface area contributed by atoms with Gasteiger partial charge in [0.25, 0.3) is 5.91 Å². The van der Waals surface area contributed by atoms with Crippen LogP contribution >= 0.6 is 12.2 Å². The van der Waals surface area contributed by atoms with E-state index in [4.69, 9.17) is 26.4 Å². The third kappa shape index (κ3) is 6.25. The molecule has 0 spiro atoms. The fourth-order valence-corrected chi connectivity index (χ4v) is 3.70. The minimum absolute atomic E-state index is 0.321. The average Bonchev–Trinajstić information content (AvgIpc) is 2.73. The largest absolute Gasteiger partial charge is 0.496 e. The third-order valence-corrected chi connectivity index (χ3v) is 5.69. The molecule has 0 aromatic heterocycles. The molecule has 0 aliphatic heterocycles. The Bertz CT molecular complexity index is 754. The SMILES string of the molecule is COc1cc(OC)c(OC)cc1/C=C/C(=O)NNC(=S)N[C@@H]1CCC[C@@H](C)[C@H]1C. The van der Waals surface area contributed by atoms with E-state index in [1.807, 2.05) is 0 Å². The van der Waals surface area contributed by atoms with Gasteiger partial charge in [0.15, 0.2) is 16.6 Å². The maximum Gasteiger partial charge on any atom is 0.262 e. The number of hydrogen-bond donors (Lipinski definition) is 3. The van der Waals surface area contributed by atoms with Gasteiger partial charge in [0.1, 0.15) is 5.75 Å². The lowest BCUT2D eigenvalue weighted by molar-refractivity contribution is -0.116. The summed E-state index contributed by atoms with van der Waals surface area (Å²) in [6, 6.07) is 3.77. The molecule has 1 amide bonds. The van der Waals surface area contributed by atoms with Crippen molar-refractivity contribution < 1.29 is 19.0 Å². The van der Waals surface area contributed by atoms with Crippen molar-refractivity contribution in [2.45, 2.75) is 39.2 Å². The minimum atomic E-state index is -0.337. The van der Waals surface area contributed by atoms with Crippen molar-refractivity contribution in [3.8, 4) is 17.2 Å². The normalized spacial score (nSPS) is 21.3. The second-order valence-electron chi connectivity index (χ2n) is 7.24. The van der Waals surface area contributed by atoms with E-state index in [1.165, 1.54) is 18.9 Å². The van der Waals surface area contributed by atoms with Crippen LogP contribution in [0.2, 0.25) is 0 Å². The molecule has 29 heavy (non-hydrogen) atoms. The molecule has 1 saturated carbocycles. The van der Waals surface area contributed by atoms with Crippen LogP contribution < -0.4 is 30.4 Å². The van der Waals surface area contributed by atoms with E-state index in [0.717, 1.165) is 6.42 Å². The Morgan fingerprint density at radius 1 is 1.03 bits per heavy atom. The molecule has 3 atom stereocenters. The van der Waals surface area contributed by atoms with E-state index < -0.39 is 0 Å². The number of nitrogens with one attached hydrogen (secondary N) is 3. The standard InChI is InChI=1S/C21H31N3O4S/c1-13-7-6-8-16(14(13)2)22-21(29)24-23-20(25)10-9-15-11-18(27-4)19(28-5)12-17(15)26-3/h9-14,16H,6-8H2,1-5H3,(H,23,25)(H2,22,24,29)/b10-9+/t13-,14-,16-/m1/s1. The van der Waals surface area contributed by atoms with Gasteiger partial charge in [-0.3, -0.25) is 15.6 Å². The van der Waals surface area contributed by atoms with E-state index in [9.17, 15) is 4.79 Å². The van der Waals surface area contributed by atoms with E-state index in [2.05, 4.69) is 30.0 Å². The number of carbonyl (C=O) groups is 1. The minimum Gasteiger partial charge on any atom is -0.496 e. The highest BCUT2D eigenvalue weighted by Crippen LogP contribution is 2.35. The predicted octanol–water partition coefficient (Wildman–Crippen LogP) is 3.05. The second kappa shape index (κ2) is 10.9. The molecule has 160 valence electrons. The van der Waals surface area contributed by atoms with Crippen LogP contribution in [0.4, 0.5) is 0 Å². The lowest BCUT2D eigenvalue weighted by Gasteiger charge is -2.35. The molecule has 2 rings (SSSR count). The van der Waals surface area contributed by atoms with Crippen molar-refractivity contribution in [2.75, 3.05) is 21.3 Å². The van der Waals surface area contributed by atoms with Gasteiger partial charge in [-0.2, -0.15) is 0 Å². The summed E-state index contributed by atoms with van der Waals surface area (Å²) in [6.07, 6.45) is 6.55. The number of thiocarbonyl (C=S) groups is 1. The molecule has 1 aliphatic carbocycles. The van der Waals surface area contributed by atoms with Gasteiger partial charge in [-0.05, 0) is 42.6 Å². The zero-order valence-corrected chi connectivity index (χ0v) is 18.5. The molecular formula is C21H31N3O4S. The molecule has 0 unspecified atom stereocenters. The third-order valence-electron chi connectivity index (χ3n) is 5.47. The summed E-state index contributed by atoms with van der Waals surface area (Å²) in [4.78, 5) is 12.2. The van der Waals surface area contributed by atoms with Gasteiger partial charge in [0.05, 0.1) is 21.3 Å². The van der Waals surface area contributed by atoms with E-state index in [1.54, 1.807) is 39.5 Å². The van der Waals surface area contributed by atoms with Crippen molar-refractivity contribution >= 4 is 29.3 Å². The maximum atomic E-state index is 12.2. The Balaban J connectivity index is 1.92. The predicted molar refractivity (Wildman–Crippen MR) is 118 cm³/mol. The van der Waals surface area contributed by atoms with Gasteiger partial charge in [-0.1, -0.05) is 26.7 Å². The summed E-state index contributed by atoms with van der Waals surface area (Å²) in [5, 5.41) is 3.72. The summed E-state index contributed by atoms with van der Waals surface area (Å²) >= 11 is 5.31. The molecule has 0 radical (unpaired) electrons. The summed E-state index contributed by atoms with van der Waals surface area (Å²) in [7, 11) is 4.66. The summed E-state index contributed by atoms with van der Waals surface area (Å²) in [6.45, 7) is 4.51. The Kier molecular flexibility index (Phi) is 8.57. The van der Waals surface area contributed by atoms with E-state index >= 15 is 0 Å². The molecule has 1 aromatic carbocycles. The van der Waals surface area contributed by atoms with Gasteiger partial charge in [-0.25, -0.2) is 0 Å². The van der Waals surface area contributed by atoms with Gasteiger partial charge in [0.2, 0.25) is 0 Å². The van der Waals surface area contributed by atoms with Gasteiger partial charge in [0, 0.05) is 23.7 Å². The van der Waals surface area contributed by atoms with Crippen molar-refractivity contribution in [3.05, 3.63) is 23.8 Å². The molecule has 0 heterocycles. The Labute approximate surface area is 178 Å². The van der Waals surface area contributed by atoms with Crippen LogP contribution in [0.1, 0.15) is 38.7 Å². The molecule has 8 heteroatoms. The molecule has 0 bridgehead atoms. The quantitative estimate of drug-likeness (QED) is 0.370. The monoisotopic (exact) mass is 421 g/mol. The molecule has 0 saturated heterocycles. The Morgan fingerprint density at radius 2 is 1.69 bits per heavy atom. The summed E-state index contributed by atoms with van der Waals surface area (Å²) < 4.78 is 15.9. The fraction of sp³-hybridized carbons (Fsp3) is 0.524. The zero-order chi connectivity index (χ0) is 21.4. The van der Waals surface area contributed by atoms with Crippen molar-refractivity contribution in [2.24, 2.45) is 11.8 Å². The van der Waals surface area contributed by atoms with Gasteiger partial charge in [-0.15, -0.1) is 0 Å². The van der Waals surface area contributed by atoms with Crippen LogP contribution in [0.3, 0.4) is 0 Å². The number of ether oxygens (including phenoxy) is 3. The first-order chi connectivity index (χ1) is 13.9. The smallest absolute Gasteiger partial charge is 0.262 e. The number of hydrazine groups is 1. The van der Waals surface area contributed by atoms with Crippen molar-refractivity contribution in [1.82, 2.24) is 16.2 Å². The van der Waals surface area contributed by atoms with Crippen LogP contribution in [0.5, 0.6) is 17.2 Å². The number of carbonyl (C=O) groups excluding carboxylic acids is 1. The Hall–Kier alpha value is -2.48. The highest BCUT2D eigenvalue weighted by molar-refractivity contribution is 7.80. The number of rotatable bonds is 6. The van der Waals surface area contributed by atoms with Crippen molar-refractivity contribution in [1.29, 1.82) is 0 Å². The lowest BCUT2D eigenvalue weighted by atomic mass is 9.78. The zero-order valence-electron chi connectivity index (χ0n) is 17.7. The van der Waals surface area contributed by atoms with E-state index in [0.29, 0.717) is 45.8 Å². The van der Waals surface area contributed by atoms with E-state index in [-0.39, 0.29) is 5.91 Å². The lowest BCUT2D eigenvalue weighted by Crippen LogP contribution is -2.52. The number of amides is 1. The first kappa shape index (κ1) is 22.8. The average molecular weight is 422 g/mol. The summed E-state index contributed by atoms with van der Waals surface area (Å²) in [5.41, 5.74) is 6.03. The van der Waals surface area contributed by atoms with Gasteiger partial charge >= 0.3 is 0 Å². The van der Waals surface area contributed by atoms with Crippen LogP contribution in [0.15, 0.2) is 18.2 Å². The molecule has 1 aromatic rings. The molecule has 7 nitrogen and oxygen atoms in total. The molecular weight excluding hydrogens is 390 g/mol. The number of methoxy groups -OCH3 is 3. The first-order valence-corrected chi connectivity index (χ1v) is 10.1.